The Morgan fingerprint density at radius 1 is 1.53 bits per heavy atom. The lowest BCUT2D eigenvalue weighted by Gasteiger charge is -2.18. The molecule has 0 aliphatic rings. The molecular formula is C11H19N3S. The van der Waals surface area contributed by atoms with E-state index in [0.717, 1.165) is 23.7 Å². The Hall–Kier alpha value is -0.740. The third kappa shape index (κ3) is 3.72. The van der Waals surface area contributed by atoms with Crippen LogP contribution in [0.1, 0.15) is 18.7 Å². The van der Waals surface area contributed by atoms with Crippen molar-refractivity contribution in [1.29, 1.82) is 0 Å². The predicted molar refractivity (Wildman–Crippen MR) is 68.5 cm³/mol. The molecule has 1 aromatic rings. The van der Waals surface area contributed by atoms with E-state index in [1.54, 1.807) is 0 Å². The second-order valence-corrected chi connectivity index (χ2v) is 4.63. The molecule has 0 saturated heterocycles. The topological polar surface area (TPSA) is 42.1 Å². The number of hydrogen-bond acceptors (Lipinski definition) is 4. The van der Waals surface area contributed by atoms with Gasteiger partial charge in [0.2, 0.25) is 0 Å². The number of hydrogen-bond donors (Lipinski definition) is 1. The zero-order valence-electron chi connectivity index (χ0n) is 9.60. The molecule has 1 atom stereocenters. The van der Waals surface area contributed by atoms with Crippen LogP contribution in [0, 0.1) is 0 Å². The van der Waals surface area contributed by atoms with E-state index in [4.69, 9.17) is 5.73 Å². The fraction of sp³-hybridized carbons (Fsp3) is 0.545. The first kappa shape index (κ1) is 12.3. The van der Waals surface area contributed by atoms with E-state index >= 15 is 0 Å². The van der Waals surface area contributed by atoms with Crippen LogP contribution < -0.4 is 10.6 Å². The maximum atomic E-state index is 5.74. The molecule has 84 valence electrons. The van der Waals surface area contributed by atoms with E-state index in [0.29, 0.717) is 0 Å². The number of thioether (sulfide) groups is 1. The van der Waals surface area contributed by atoms with Gasteiger partial charge in [0, 0.05) is 25.4 Å². The number of rotatable bonds is 5. The van der Waals surface area contributed by atoms with Gasteiger partial charge in [-0.1, -0.05) is 0 Å². The summed E-state index contributed by atoms with van der Waals surface area (Å²) in [5, 5.41) is 0. The van der Waals surface area contributed by atoms with Gasteiger partial charge in [-0.25, -0.2) is 0 Å². The van der Waals surface area contributed by atoms with E-state index in [9.17, 15) is 0 Å². The van der Waals surface area contributed by atoms with Crippen LogP contribution in [-0.4, -0.2) is 30.6 Å². The minimum Gasteiger partial charge on any atom is -0.373 e. The molecule has 0 unspecified atom stereocenters. The number of nitrogens with two attached hydrogens (primary N) is 1. The summed E-state index contributed by atoms with van der Waals surface area (Å²) in [5.74, 6) is 1.13. The quantitative estimate of drug-likeness (QED) is 0.831. The highest BCUT2D eigenvalue weighted by Gasteiger charge is 2.03. The summed E-state index contributed by atoms with van der Waals surface area (Å²) in [6, 6.07) is 4.08. The second-order valence-electron chi connectivity index (χ2n) is 3.64. The molecule has 0 fully saturated rings. The second kappa shape index (κ2) is 5.98. The van der Waals surface area contributed by atoms with Crippen LogP contribution >= 0.6 is 11.8 Å². The van der Waals surface area contributed by atoms with Crippen molar-refractivity contribution in [2.75, 3.05) is 30.5 Å². The van der Waals surface area contributed by atoms with Crippen molar-refractivity contribution in [3.05, 3.63) is 24.0 Å². The van der Waals surface area contributed by atoms with Gasteiger partial charge in [-0.2, -0.15) is 11.8 Å². The fourth-order valence-electron chi connectivity index (χ4n) is 1.25. The minimum absolute atomic E-state index is 0.00977. The van der Waals surface area contributed by atoms with Crippen molar-refractivity contribution in [2.24, 2.45) is 5.73 Å². The standard InChI is InChI=1S/C11H19N3S/c1-9(12)11-5-4-10(8-13-11)14(2)6-7-15-3/h4-5,8-9H,6-7,12H2,1-3H3/t9-/m0/s1. The summed E-state index contributed by atoms with van der Waals surface area (Å²) in [4.78, 5) is 6.54. The Morgan fingerprint density at radius 2 is 2.27 bits per heavy atom. The van der Waals surface area contributed by atoms with Gasteiger partial charge in [0.05, 0.1) is 17.6 Å². The molecule has 0 amide bonds. The lowest BCUT2D eigenvalue weighted by molar-refractivity contribution is 0.779. The average molecular weight is 225 g/mol. The van der Waals surface area contributed by atoms with Gasteiger partial charge in [-0.15, -0.1) is 0 Å². The third-order valence-corrected chi connectivity index (χ3v) is 2.90. The molecule has 0 aliphatic carbocycles. The van der Waals surface area contributed by atoms with E-state index in [1.165, 1.54) is 0 Å². The highest BCUT2D eigenvalue weighted by atomic mass is 32.2. The minimum atomic E-state index is 0.00977. The summed E-state index contributed by atoms with van der Waals surface area (Å²) >= 11 is 1.85. The summed E-state index contributed by atoms with van der Waals surface area (Å²) < 4.78 is 0. The van der Waals surface area contributed by atoms with Gasteiger partial charge >= 0.3 is 0 Å². The molecule has 1 heterocycles. The molecule has 1 aromatic heterocycles. The molecule has 0 aromatic carbocycles. The van der Waals surface area contributed by atoms with Crippen molar-refractivity contribution < 1.29 is 0 Å². The van der Waals surface area contributed by atoms with Crippen molar-refractivity contribution in [3.8, 4) is 0 Å². The summed E-state index contributed by atoms with van der Waals surface area (Å²) in [5.41, 5.74) is 7.83. The number of pyridine rings is 1. The van der Waals surface area contributed by atoms with Gasteiger partial charge in [-0.05, 0) is 25.3 Å². The zero-order valence-corrected chi connectivity index (χ0v) is 10.4. The Kier molecular flexibility index (Phi) is 4.91. The first-order valence-corrected chi connectivity index (χ1v) is 6.46. The van der Waals surface area contributed by atoms with Crippen LogP contribution in [0.3, 0.4) is 0 Å². The summed E-state index contributed by atoms with van der Waals surface area (Å²) in [6.45, 7) is 2.99. The molecule has 15 heavy (non-hydrogen) atoms. The zero-order chi connectivity index (χ0) is 11.3. The Labute approximate surface area is 96.1 Å². The first-order valence-electron chi connectivity index (χ1n) is 5.06. The summed E-state index contributed by atoms with van der Waals surface area (Å²) in [6.07, 6.45) is 4.00. The van der Waals surface area contributed by atoms with E-state index in [-0.39, 0.29) is 6.04 Å². The van der Waals surface area contributed by atoms with Crippen LogP contribution in [0.15, 0.2) is 18.3 Å². The fourth-order valence-corrected chi connectivity index (χ4v) is 1.71. The molecular weight excluding hydrogens is 206 g/mol. The number of aromatic nitrogens is 1. The van der Waals surface area contributed by atoms with Crippen LogP contribution in [0.4, 0.5) is 5.69 Å². The molecule has 0 radical (unpaired) electrons. The van der Waals surface area contributed by atoms with Crippen LogP contribution in [0.5, 0.6) is 0 Å². The van der Waals surface area contributed by atoms with Crippen LogP contribution in [0.2, 0.25) is 0 Å². The Morgan fingerprint density at radius 3 is 2.73 bits per heavy atom. The smallest absolute Gasteiger partial charge is 0.0569 e. The largest absolute Gasteiger partial charge is 0.373 e. The first-order chi connectivity index (χ1) is 7.15. The number of anilines is 1. The van der Waals surface area contributed by atoms with E-state index < -0.39 is 0 Å². The third-order valence-electron chi connectivity index (χ3n) is 2.31. The molecule has 0 saturated carbocycles. The highest BCUT2D eigenvalue weighted by molar-refractivity contribution is 7.98. The molecule has 3 nitrogen and oxygen atoms in total. The maximum Gasteiger partial charge on any atom is 0.0569 e. The maximum absolute atomic E-state index is 5.74. The highest BCUT2D eigenvalue weighted by Crippen LogP contribution is 2.14. The molecule has 0 spiro atoms. The molecule has 0 aliphatic heterocycles. The predicted octanol–water partition coefficient (Wildman–Crippen LogP) is 1.90. The van der Waals surface area contributed by atoms with Gasteiger partial charge in [0.15, 0.2) is 0 Å². The Bertz CT molecular complexity index is 284. The van der Waals surface area contributed by atoms with Gasteiger partial charge in [0.25, 0.3) is 0 Å². The van der Waals surface area contributed by atoms with Gasteiger partial charge in [-0.3, -0.25) is 4.98 Å². The van der Waals surface area contributed by atoms with Crippen molar-refractivity contribution in [3.63, 3.8) is 0 Å². The average Bonchev–Trinajstić information content (AvgIpc) is 2.26. The van der Waals surface area contributed by atoms with Crippen molar-refractivity contribution in [1.82, 2.24) is 4.98 Å². The lowest BCUT2D eigenvalue weighted by Crippen LogP contribution is -2.20. The van der Waals surface area contributed by atoms with Crippen LogP contribution in [-0.2, 0) is 0 Å². The molecule has 0 bridgehead atoms. The molecule has 1 rings (SSSR count). The normalized spacial score (nSPS) is 12.5. The van der Waals surface area contributed by atoms with E-state index in [1.807, 2.05) is 30.9 Å². The van der Waals surface area contributed by atoms with Gasteiger partial charge < -0.3 is 10.6 Å². The van der Waals surface area contributed by atoms with Crippen molar-refractivity contribution in [2.45, 2.75) is 13.0 Å². The monoisotopic (exact) mass is 225 g/mol. The molecule has 4 heteroatoms. The lowest BCUT2D eigenvalue weighted by atomic mass is 10.2. The SMILES string of the molecule is CSCCN(C)c1ccc([C@H](C)N)nc1. The van der Waals surface area contributed by atoms with E-state index in [2.05, 4.69) is 29.3 Å². The summed E-state index contributed by atoms with van der Waals surface area (Å²) in [7, 11) is 2.08. The number of nitrogens with zero attached hydrogens (tertiary/aromatic N) is 2. The molecule has 2 N–H and O–H groups in total. The van der Waals surface area contributed by atoms with Crippen molar-refractivity contribution >= 4 is 17.4 Å². The van der Waals surface area contributed by atoms with Crippen LogP contribution in [0.25, 0.3) is 0 Å². The van der Waals surface area contributed by atoms with Gasteiger partial charge in [0.1, 0.15) is 0 Å². The Balaban J connectivity index is 2.62.